The number of nitrogens with zero attached hydrogens (tertiary/aromatic N) is 2. The first-order valence-electron chi connectivity index (χ1n) is 9.90. The zero-order valence-corrected chi connectivity index (χ0v) is 16.2. The predicted molar refractivity (Wildman–Crippen MR) is 106 cm³/mol. The lowest BCUT2D eigenvalue weighted by Crippen LogP contribution is -2.42. The Bertz CT molecular complexity index is 843. The minimum Gasteiger partial charge on any atom is -0.480 e. The third-order valence-electron chi connectivity index (χ3n) is 5.06. The maximum atomic E-state index is 12.4. The van der Waals surface area contributed by atoms with Crippen LogP contribution in [0.25, 0.3) is 0 Å². The van der Waals surface area contributed by atoms with Gasteiger partial charge in [-0.2, -0.15) is 5.10 Å². The first-order valence-corrected chi connectivity index (χ1v) is 9.90. The Morgan fingerprint density at radius 1 is 1.14 bits per heavy atom. The lowest BCUT2D eigenvalue weighted by atomic mass is 9.95. The van der Waals surface area contributed by atoms with Crippen molar-refractivity contribution < 1.29 is 19.5 Å². The maximum Gasteiger partial charge on any atom is 0.326 e. The summed E-state index contributed by atoms with van der Waals surface area (Å²) >= 11 is 0. The van der Waals surface area contributed by atoms with Gasteiger partial charge >= 0.3 is 5.97 Å². The highest BCUT2D eigenvalue weighted by atomic mass is 16.4. The number of carbonyl (C=O) groups is 3. The Morgan fingerprint density at radius 3 is 2.55 bits per heavy atom. The number of hydrogen-bond donors (Lipinski definition) is 3. The molecule has 1 fully saturated rings. The van der Waals surface area contributed by atoms with Gasteiger partial charge in [-0.1, -0.05) is 49.6 Å². The summed E-state index contributed by atoms with van der Waals surface area (Å²) in [6.07, 6.45) is 8.44. The molecule has 0 unspecified atom stereocenters. The average Bonchev–Trinajstić information content (AvgIpc) is 3.17. The van der Waals surface area contributed by atoms with Crippen LogP contribution >= 0.6 is 0 Å². The van der Waals surface area contributed by atoms with Gasteiger partial charge in [0.15, 0.2) is 0 Å². The molecular formula is C21H26N4O4. The molecule has 0 bridgehead atoms. The van der Waals surface area contributed by atoms with Crippen molar-refractivity contribution >= 4 is 17.8 Å². The second kappa shape index (κ2) is 9.86. The molecule has 1 aliphatic rings. The molecular weight excluding hydrogens is 372 g/mol. The van der Waals surface area contributed by atoms with E-state index in [-0.39, 0.29) is 30.5 Å². The summed E-state index contributed by atoms with van der Waals surface area (Å²) in [4.78, 5) is 36.1. The van der Waals surface area contributed by atoms with Gasteiger partial charge in [-0.15, -0.1) is 0 Å². The quantitative estimate of drug-likeness (QED) is 0.627. The Morgan fingerprint density at radius 2 is 1.86 bits per heavy atom. The minimum absolute atomic E-state index is 0.0240. The van der Waals surface area contributed by atoms with E-state index in [2.05, 4.69) is 15.7 Å². The fraction of sp³-hybridized carbons (Fsp3) is 0.429. The van der Waals surface area contributed by atoms with Gasteiger partial charge in [0.2, 0.25) is 5.91 Å². The molecule has 1 heterocycles. The first kappa shape index (κ1) is 20.6. The number of nitrogens with one attached hydrogen (secondary N) is 2. The zero-order chi connectivity index (χ0) is 20.6. The maximum absolute atomic E-state index is 12.4. The van der Waals surface area contributed by atoms with E-state index in [4.69, 9.17) is 0 Å². The Balaban J connectivity index is 1.54. The van der Waals surface area contributed by atoms with Crippen LogP contribution < -0.4 is 10.6 Å². The number of rotatable bonds is 8. The highest BCUT2D eigenvalue weighted by molar-refractivity contribution is 5.96. The highest BCUT2D eigenvalue weighted by Crippen LogP contribution is 2.17. The van der Waals surface area contributed by atoms with Crippen LogP contribution in [0.3, 0.4) is 0 Å². The summed E-state index contributed by atoms with van der Waals surface area (Å²) in [7, 11) is 0. The van der Waals surface area contributed by atoms with Gasteiger partial charge in [0, 0.05) is 18.7 Å². The molecule has 1 aromatic carbocycles. The summed E-state index contributed by atoms with van der Waals surface area (Å²) in [5, 5.41) is 19.0. The normalized spacial score (nSPS) is 15.4. The number of carbonyl (C=O) groups excluding carboxylic acids is 2. The third-order valence-corrected chi connectivity index (χ3v) is 5.06. The van der Waals surface area contributed by atoms with E-state index >= 15 is 0 Å². The standard InChI is InChI=1S/C21H26N4O4/c26-19(23-17-9-5-2-6-10-17)14-25-13-16(12-22-25)20(27)24-18(21(28)29)11-15-7-3-1-4-8-15/h1,3-4,7-8,12-13,17-18H,2,5-6,9-11,14H2,(H,23,26)(H,24,27)(H,28,29)/t18-/m1/s1. The Kier molecular flexibility index (Phi) is 6.99. The van der Waals surface area contributed by atoms with Crippen molar-refractivity contribution in [3.63, 3.8) is 0 Å². The lowest BCUT2D eigenvalue weighted by Gasteiger charge is -2.22. The van der Waals surface area contributed by atoms with Crippen LogP contribution in [-0.4, -0.2) is 44.8 Å². The van der Waals surface area contributed by atoms with Crippen LogP contribution in [0.4, 0.5) is 0 Å². The van der Waals surface area contributed by atoms with Gasteiger partial charge in [0.05, 0.1) is 11.8 Å². The topological polar surface area (TPSA) is 113 Å². The number of aromatic nitrogens is 2. The highest BCUT2D eigenvalue weighted by Gasteiger charge is 2.22. The molecule has 0 aliphatic heterocycles. The van der Waals surface area contributed by atoms with Crippen molar-refractivity contribution in [3.05, 3.63) is 53.9 Å². The minimum atomic E-state index is -1.11. The molecule has 3 N–H and O–H groups in total. The van der Waals surface area contributed by atoms with Gasteiger partial charge in [-0.25, -0.2) is 4.79 Å². The number of amides is 2. The van der Waals surface area contributed by atoms with Gasteiger partial charge in [0.1, 0.15) is 12.6 Å². The van der Waals surface area contributed by atoms with Crippen LogP contribution in [0.1, 0.15) is 48.0 Å². The monoisotopic (exact) mass is 398 g/mol. The van der Waals surface area contributed by atoms with E-state index < -0.39 is 17.9 Å². The third kappa shape index (κ3) is 6.17. The number of carboxylic acids is 1. The van der Waals surface area contributed by atoms with Crippen molar-refractivity contribution in [2.75, 3.05) is 0 Å². The van der Waals surface area contributed by atoms with Crippen LogP contribution in [0.15, 0.2) is 42.7 Å². The van der Waals surface area contributed by atoms with Crippen molar-refractivity contribution in [2.45, 2.75) is 57.2 Å². The molecule has 2 amide bonds. The second-order valence-electron chi connectivity index (χ2n) is 7.38. The Hall–Kier alpha value is -3.16. The fourth-order valence-corrected chi connectivity index (χ4v) is 3.53. The van der Waals surface area contributed by atoms with Crippen molar-refractivity contribution in [3.8, 4) is 0 Å². The van der Waals surface area contributed by atoms with Crippen LogP contribution in [0.5, 0.6) is 0 Å². The van der Waals surface area contributed by atoms with E-state index in [1.165, 1.54) is 23.5 Å². The molecule has 0 radical (unpaired) electrons. The summed E-state index contributed by atoms with van der Waals surface area (Å²) in [5.74, 6) is -1.78. The molecule has 1 aromatic heterocycles. The van der Waals surface area contributed by atoms with Crippen LogP contribution in [0, 0.1) is 0 Å². The first-order chi connectivity index (χ1) is 14.0. The molecule has 1 saturated carbocycles. The lowest BCUT2D eigenvalue weighted by molar-refractivity contribution is -0.139. The Labute approximate surface area is 169 Å². The van der Waals surface area contributed by atoms with Crippen LogP contribution in [0.2, 0.25) is 0 Å². The van der Waals surface area contributed by atoms with Gasteiger partial charge in [-0.3, -0.25) is 14.3 Å². The van der Waals surface area contributed by atoms with Crippen molar-refractivity contribution in [2.24, 2.45) is 0 Å². The molecule has 154 valence electrons. The molecule has 2 aromatic rings. The molecule has 0 saturated heterocycles. The molecule has 0 spiro atoms. The summed E-state index contributed by atoms with van der Waals surface area (Å²) in [6, 6.07) is 8.26. The fourth-order valence-electron chi connectivity index (χ4n) is 3.53. The second-order valence-corrected chi connectivity index (χ2v) is 7.38. The number of hydrogen-bond acceptors (Lipinski definition) is 4. The molecule has 8 nitrogen and oxygen atoms in total. The molecule has 1 atom stereocenters. The van der Waals surface area contributed by atoms with Crippen molar-refractivity contribution in [1.29, 1.82) is 0 Å². The summed E-state index contributed by atoms with van der Waals surface area (Å²) in [6.45, 7) is 0.0240. The smallest absolute Gasteiger partial charge is 0.326 e. The van der Waals surface area contributed by atoms with E-state index in [9.17, 15) is 19.5 Å². The van der Waals surface area contributed by atoms with E-state index in [1.807, 2.05) is 30.3 Å². The molecule has 3 rings (SSSR count). The number of carboxylic acid groups (broad SMARTS) is 1. The molecule has 8 heteroatoms. The van der Waals surface area contributed by atoms with Crippen molar-refractivity contribution in [1.82, 2.24) is 20.4 Å². The van der Waals surface area contributed by atoms with Gasteiger partial charge in [-0.05, 0) is 18.4 Å². The van der Waals surface area contributed by atoms with E-state index in [0.717, 1.165) is 31.2 Å². The SMILES string of the molecule is O=C(Cn1cc(C(=O)N[C@H](Cc2ccccc2)C(=O)O)cn1)NC1CCCCC1. The average molecular weight is 398 g/mol. The van der Waals surface area contributed by atoms with E-state index in [1.54, 1.807) is 0 Å². The zero-order valence-electron chi connectivity index (χ0n) is 16.2. The summed E-state index contributed by atoms with van der Waals surface area (Å²) in [5.41, 5.74) is 1.03. The molecule has 1 aliphatic carbocycles. The van der Waals surface area contributed by atoms with Gasteiger partial charge in [0.25, 0.3) is 5.91 Å². The van der Waals surface area contributed by atoms with Crippen LogP contribution in [-0.2, 0) is 22.6 Å². The number of benzene rings is 1. The van der Waals surface area contributed by atoms with E-state index in [0.29, 0.717) is 0 Å². The number of aliphatic carboxylic acids is 1. The molecule has 29 heavy (non-hydrogen) atoms. The summed E-state index contributed by atoms with van der Waals surface area (Å²) < 4.78 is 1.39. The largest absolute Gasteiger partial charge is 0.480 e. The predicted octanol–water partition coefficient (Wildman–Crippen LogP) is 1.76. The van der Waals surface area contributed by atoms with Gasteiger partial charge < -0.3 is 15.7 Å².